The molecule has 1 aromatic rings. The van der Waals surface area contributed by atoms with E-state index in [4.69, 9.17) is 5.11 Å². The molecule has 0 aliphatic heterocycles. The van der Waals surface area contributed by atoms with Gasteiger partial charge in [0.1, 0.15) is 0 Å². The number of aliphatic hydroxyl groups is 1. The predicted molar refractivity (Wildman–Crippen MR) is 77.2 cm³/mol. The van der Waals surface area contributed by atoms with E-state index in [2.05, 4.69) is 24.1 Å². The molecule has 2 rings (SSSR count). The van der Waals surface area contributed by atoms with Crippen molar-refractivity contribution in [3.8, 4) is 11.8 Å². The highest BCUT2D eigenvalue weighted by atomic mass is 32.1. The topological polar surface area (TPSA) is 49.3 Å². The lowest BCUT2D eigenvalue weighted by atomic mass is 10.0. The third-order valence-electron chi connectivity index (χ3n) is 3.64. The van der Waals surface area contributed by atoms with Gasteiger partial charge < -0.3 is 10.4 Å². The number of hydrogen-bond donors (Lipinski definition) is 2. The first-order chi connectivity index (χ1) is 9.19. The number of aliphatic hydroxyl groups excluding tert-OH is 1. The van der Waals surface area contributed by atoms with Crippen LogP contribution < -0.4 is 5.32 Å². The van der Waals surface area contributed by atoms with E-state index in [-0.39, 0.29) is 12.5 Å². The molecule has 1 aromatic heterocycles. The highest BCUT2D eigenvalue weighted by Crippen LogP contribution is 2.47. The van der Waals surface area contributed by atoms with Gasteiger partial charge >= 0.3 is 0 Å². The Bertz CT molecular complexity index is 506. The summed E-state index contributed by atoms with van der Waals surface area (Å²) >= 11 is 1.47. The van der Waals surface area contributed by atoms with E-state index < -0.39 is 0 Å². The summed E-state index contributed by atoms with van der Waals surface area (Å²) in [7, 11) is 0. The minimum Gasteiger partial charge on any atom is -0.395 e. The van der Waals surface area contributed by atoms with Crippen molar-refractivity contribution in [3.05, 3.63) is 21.9 Å². The second kappa shape index (κ2) is 6.23. The molecule has 19 heavy (non-hydrogen) atoms. The Labute approximate surface area is 118 Å². The normalized spacial score (nSPS) is 15.5. The average Bonchev–Trinajstić information content (AvgIpc) is 3.06. The second-order valence-corrected chi connectivity index (χ2v) is 5.92. The molecule has 0 saturated heterocycles. The quantitative estimate of drug-likeness (QED) is 0.812. The van der Waals surface area contributed by atoms with E-state index in [0.717, 1.165) is 17.8 Å². The first-order valence-corrected chi connectivity index (χ1v) is 7.53. The smallest absolute Gasteiger partial charge is 0.252 e. The highest BCUT2D eigenvalue weighted by molar-refractivity contribution is 7.10. The van der Waals surface area contributed by atoms with Crippen molar-refractivity contribution in [3.63, 3.8) is 0 Å². The van der Waals surface area contributed by atoms with Crippen LogP contribution in [0.15, 0.2) is 11.4 Å². The van der Waals surface area contributed by atoms with Gasteiger partial charge in [0.05, 0.1) is 17.0 Å². The van der Waals surface area contributed by atoms with E-state index in [1.807, 2.05) is 11.4 Å². The van der Waals surface area contributed by atoms with Gasteiger partial charge in [-0.25, -0.2) is 0 Å². The zero-order valence-corrected chi connectivity index (χ0v) is 12.0. The minimum absolute atomic E-state index is 0.00816. The molecule has 0 atom stereocenters. The maximum atomic E-state index is 12.0. The lowest BCUT2D eigenvalue weighted by Gasteiger charge is -2.12. The maximum Gasteiger partial charge on any atom is 0.252 e. The van der Waals surface area contributed by atoms with Gasteiger partial charge in [-0.3, -0.25) is 4.79 Å². The molecule has 0 radical (unpaired) electrons. The number of nitrogens with one attached hydrogen (secondary N) is 1. The zero-order valence-electron chi connectivity index (χ0n) is 11.2. The molecular formula is C15H19NO2S. The summed E-state index contributed by atoms with van der Waals surface area (Å²) in [5.74, 6) is 5.79. The van der Waals surface area contributed by atoms with Crippen LogP contribution in [-0.2, 0) is 0 Å². The number of carbonyl (C=O) groups is 1. The summed E-state index contributed by atoms with van der Waals surface area (Å²) in [6.45, 7) is 3.03. The third kappa shape index (κ3) is 3.82. The fraction of sp³-hybridized carbons (Fsp3) is 0.533. The van der Waals surface area contributed by atoms with Crippen molar-refractivity contribution in [2.45, 2.75) is 32.6 Å². The molecule has 2 N–H and O–H groups in total. The van der Waals surface area contributed by atoms with Gasteiger partial charge in [0.2, 0.25) is 0 Å². The van der Waals surface area contributed by atoms with E-state index in [1.54, 1.807) is 0 Å². The summed E-state index contributed by atoms with van der Waals surface area (Å²) in [6, 6.07) is 1.82. The Kier molecular flexibility index (Phi) is 4.62. The molecule has 102 valence electrons. The first-order valence-electron chi connectivity index (χ1n) is 6.65. The summed E-state index contributed by atoms with van der Waals surface area (Å²) in [5, 5.41) is 13.5. The minimum atomic E-state index is -0.00816. The lowest BCUT2D eigenvalue weighted by Crippen LogP contribution is -2.29. The van der Waals surface area contributed by atoms with Gasteiger partial charge in [0.25, 0.3) is 5.91 Å². The molecule has 0 spiro atoms. The lowest BCUT2D eigenvalue weighted by molar-refractivity contribution is 0.0945. The standard InChI is InChI=1S/C15H19NO2S/c1-2-15(6-7-15)11-16-14(18)12-9-13(19-10-12)5-3-4-8-17/h9-10,17H,2,4,6-8,11H2,1H3,(H,16,18). The van der Waals surface area contributed by atoms with E-state index in [1.165, 1.54) is 24.2 Å². The molecule has 4 heteroatoms. The molecule has 1 aliphatic carbocycles. The van der Waals surface area contributed by atoms with Crippen molar-refractivity contribution in [2.24, 2.45) is 5.41 Å². The number of rotatable bonds is 5. The van der Waals surface area contributed by atoms with Crippen LogP contribution in [0.3, 0.4) is 0 Å². The van der Waals surface area contributed by atoms with Gasteiger partial charge in [-0.2, -0.15) is 0 Å². The maximum absolute atomic E-state index is 12.0. The van der Waals surface area contributed by atoms with Crippen molar-refractivity contribution >= 4 is 17.2 Å². The molecule has 1 saturated carbocycles. The molecule has 0 aromatic carbocycles. The number of amides is 1. The first kappa shape index (κ1) is 14.1. The summed E-state index contributed by atoms with van der Waals surface area (Å²) < 4.78 is 0. The van der Waals surface area contributed by atoms with Gasteiger partial charge in [-0.05, 0) is 30.7 Å². The van der Waals surface area contributed by atoms with Crippen LogP contribution in [0.1, 0.15) is 47.8 Å². The summed E-state index contributed by atoms with van der Waals surface area (Å²) in [5.41, 5.74) is 1.06. The fourth-order valence-electron chi connectivity index (χ4n) is 1.93. The number of carbonyl (C=O) groups excluding carboxylic acids is 1. The van der Waals surface area contributed by atoms with Crippen LogP contribution >= 0.6 is 11.3 Å². The molecule has 1 fully saturated rings. The van der Waals surface area contributed by atoms with Crippen molar-refractivity contribution in [2.75, 3.05) is 13.2 Å². The van der Waals surface area contributed by atoms with Crippen LogP contribution in [-0.4, -0.2) is 24.2 Å². The van der Waals surface area contributed by atoms with Gasteiger partial charge in [0.15, 0.2) is 0 Å². The van der Waals surface area contributed by atoms with Crippen molar-refractivity contribution in [1.82, 2.24) is 5.32 Å². The van der Waals surface area contributed by atoms with Crippen molar-refractivity contribution < 1.29 is 9.90 Å². The average molecular weight is 277 g/mol. The Morgan fingerprint density at radius 1 is 1.58 bits per heavy atom. The van der Waals surface area contributed by atoms with E-state index in [9.17, 15) is 4.79 Å². The van der Waals surface area contributed by atoms with Crippen LogP contribution in [0.2, 0.25) is 0 Å². The van der Waals surface area contributed by atoms with E-state index >= 15 is 0 Å². The Morgan fingerprint density at radius 2 is 2.37 bits per heavy atom. The highest BCUT2D eigenvalue weighted by Gasteiger charge is 2.40. The molecule has 0 unspecified atom stereocenters. The van der Waals surface area contributed by atoms with Crippen LogP contribution in [0.25, 0.3) is 0 Å². The SMILES string of the molecule is CCC1(CNC(=O)c2csc(C#CCCO)c2)CC1. The fourth-order valence-corrected chi connectivity index (χ4v) is 2.68. The molecule has 0 bridgehead atoms. The molecule has 1 aliphatic rings. The van der Waals surface area contributed by atoms with E-state index in [0.29, 0.717) is 17.4 Å². The molecular weight excluding hydrogens is 258 g/mol. The third-order valence-corrected chi connectivity index (χ3v) is 4.49. The van der Waals surface area contributed by atoms with Gasteiger partial charge in [-0.1, -0.05) is 18.8 Å². The predicted octanol–water partition coefficient (Wildman–Crippen LogP) is 2.40. The summed E-state index contributed by atoms with van der Waals surface area (Å²) in [4.78, 5) is 12.9. The summed E-state index contributed by atoms with van der Waals surface area (Å²) in [6.07, 6.45) is 4.06. The Morgan fingerprint density at radius 3 is 3.00 bits per heavy atom. The molecule has 3 nitrogen and oxygen atoms in total. The Balaban J connectivity index is 1.88. The molecule has 1 heterocycles. The largest absolute Gasteiger partial charge is 0.395 e. The van der Waals surface area contributed by atoms with Crippen LogP contribution in [0.5, 0.6) is 0 Å². The van der Waals surface area contributed by atoms with Crippen LogP contribution in [0, 0.1) is 17.3 Å². The van der Waals surface area contributed by atoms with Gasteiger partial charge in [0, 0.05) is 18.3 Å². The van der Waals surface area contributed by atoms with Crippen LogP contribution in [0.4, 0.5) is 0 Å². The monoisotopic (exact) mass is 277 g/mol. The van der Waals surface area contributed by atoms with Crippen molar-refractivity contribution in [1.29, 1.82) is 0 Å². The zero-order chi connectivity index (χ0) is 13.7. The Hall–Kier alpha value is -1.31. The second-order valence-electron chi connectivity index (χ2n) is 5.01. The molecule has 1 amide bonds. The van der Waals surface area contributed by atoms with Gasteiger partial charge in [-0.15, -0.1) is 11.3 Å². The number of thiophene rings is 1. The number of hydrogen-bond acceptors (Lipinski definition) is 3.